The lowest BCUT2D eigenvalue weighted by atomic mass is 9.85. The van der Waals surface area contributed by atoms with Crippen molar-refractivity contribution in [3.05, 3.63) is 106 Å². The van der Waals surface area contributed by atoms with Gasteiger partial charge in [-0.25, -0.2) is 4.68 Å². The number of ketones is 1. The highest BCUT2D eigenvalue weighted by molar-refractivity contribution is 6.30. The molecule has 174 valence electrons. The molecule has 1 aliphatic heterocycles. The summed E-state index contributed by atoms with van der Waals surface area (Å²) >= 11 is 6.07. The molecule has 6 rings (SSSR count). The number of halogens is 1. The molecule has 1 unspecified atom stereocenters. The molecule has 1 N–H and O–H groups in total. The van der Waals surface area contributed by atoms with Crippen molar-refractivity contribution in [1.82, 2.24) is 14.8 Å². The van der Waals surface area contributed by atoms with Crippen molar-refractivity contribution in [2.75, 3.05) is 5.32 Å². The highest BCUT2D eigenvalue weighted by Gasteiger charge is 2.37. The number of carbonyl (C=O) groups is 1. The smallest absolute Gasteiger partial charge is 0.226 e. The molecule has 4 aromatic rings. The molecule has 1 aliphatic carbocycles. The molecule has 0 radical (unpaired) electrons. The number of anilines is 1. The van der Waals surface area contributed by atoms with Crippen LogP contribution in [-0.4, -0.2) is 20.5 Å². The van der Waals surface area contributed by atoms with Gasteiger partial charge in [-0.1, -0.05) is 54.1 Å². The highest BCUT2D eigenvalue weighted by atomic mass is 35.5. The van der Waals surface area contributed by atoms with Gasteiger partial charge in [0.1, 0.15) is 18.4 Å². The summed E-state index contributed by atoms with van der Waals surface area (Å²) in [5, 5.41) is 8.87. The zero-order chi connectivity index (χ0) is 23.8. The van der Waals surface area contributed by atoms with E-state index >= 15 is 0 Å². The first kappa shape index (κ1) is 21.6. The van der Waals surface area contributed by atoms with Crippen molar-refractivity contribution in [1.29, 1.82) is 0 Å². The Morgan fingerprint density at radius 2 is 1.83 bits per heavy atom. The number of allylic oxidation sites excluding steroid dienone is 2. The topological polar surface area (TPSA) is 69.0 Å². The predicted octanol–water partition coefficient (Wildman–Crippen LogP) is 6.20. The fourth-order valence-corrected chi connectivity index (χ4v) is 4.83. The maximum absolute atomic E-state index is 13.1. The van der Waals surface area contributed by atoms with E-state index < -0.39 is 0 Å². The van der Waals surface area contributed by atoms with Gasteiger partial charge in [-0.3, -0.25) is 4.79 Å². The average Bonchev–Trinajstić information content (AvgIpc) is 3.31. The summed E-state index contributed by atoms with van der Waals surface area (Å²) in [6, 6.07) is 25.0. The Kier molecular flexibility index (Phi) is 5.58. The predicted molar refractivity (Wildman–Crippen MR) is 135 cm³/mol. The van der Waals surface area contributed by atoms with Crippen LogP contribution in [-0.2, 0) is 11.4 Å². The molecule has 0 amide bonds. The van der Waals surface area contributed by atoms with Crippen LogP contribution in [0.5, 0.6) is 5.75 Å². The van der Waals surface area contributed by atoms with Gasteiger partial charge in [0.2, 0.25) is 5.95 Å². The Labute approximate surface area is 208 Å². The fraction of sp³-hybridized carbons (Fsp3) is 0.179. The number of hydrogen-bond acceptors (Lipinski definition) is 5. The van der Waals surface area contributed by atoms with Crippen LogP contribution in [0.1, 0.15) is 36.4 Å². The van der Waals surface area contributed by atoms with Crippen LogP contribution in [0.2, 0.25) is 5.02 Å². The third-order valence-electron chi connectivity index (χ3n) is 6.39. The van der Waals surface area contributed by atoms with E-state index in [2.05, 4.69) is 5.32 Å². The lowest BCUT2D eigenvalue weighted by Gasteiger charge is -2.32. The van der Waals surface area contributed by atoms with Crippen molar-refractivity contribution >= 4 is 23.3 Å². The minimum absolute atomic E-state index is 0.147. The molecule has 7 heteroatoms. The number of nitrogens with zero attached hydrogens (tertiary/aromatic N) is 3. The summed E-state index contributed by atoms with van der Waals surface area (Å²) in [7, 11) is 0. The molecule has 3 aromatic carbocycles. The van der Waals surface area contributed by atoms with Crippen LogP contribution in [0.4, 0.5) is 5.95 Å². The van der Waals surface area contributed by atoms with Gasteiger partial charge in [0.15, 0.2) is 11.6 Å². The summed E-state index contributed by atoms with van der Waals surface area (Å²) in [6.45, 7) is 0.471. The van der Waals surface area contributed by atoms with Gasteiger partial charge in [0, 0.05) is 28.3 Å². The molecule has 0 bridgehead atoms. The minimum Gasteiger partial charge on any atom is -0.489 e. The Morgan fingerprint density at radius 3 is 2.66 bits per heavy atom. The second kappa shape index (κ2) is 9.04. The lowest BCUT2D eigenvalue weighted by Crippen LogP contribution is -2.31. The zero-order valence-corrected chi connectivity index (χ0v) is 19.7. The Bertz CT molecular complexity index is 1430. The van der Waals surface area contributed by atoms with E-state index in [9.17, 15) is 4.79 Å². The summed E-state index contributed by atoms with van der Waals surface area (Å²) in [6.07, 6.45) is 2.18. The van der Waals surface area contributed by atoms with Crippen LogP contribution < -0.4 is 10.1 Å². The second-order valence-electron chi connectivity index (χ2n) is 8.75. The molecule has 0 saturated heterocycles. The molecular weight excluding hydrogens is 460 g/mol. The molecule has 0 spiro atoms. The molecule has 6 nitrogen and oxygen atoms in total. The first-order valence-corrected chi connectivity index (χ1v) is 12.1. The highest BCUT2D eigenvalue weighted by Crippen LogP contribution is 2.41. The third kappa shape index (κ3) is 4.21. The van der Waals surface area contributed by atoms with E-state index in [1.54, 1.807) is 0 Å². The number of aromatic nitrogens is 3. The SMILES string of the molecule is O=C1CCCC2=C1C(c1cccc(OCc3ccccc3)c1)n1nc(-c3ccc(Cl)cc3)nc1N2. The first-order chi connectivity index (χ1) is 17.2. The molecule has 0 saturated carbocycles. The molecule has 2 heterocycles. The van der Waals surface area contributed by atoms with Crippen molar-refractivity contribution in [2.24, 2.45) is 0 Å². The van der Waals surface area contributed by atoms with Gasteiger partial charge in [-0.05, 0) is 60.4 Å². The van der Waals surface area contributed by atoms with Crippen molar-refractivity contribution in [3.63, 3.8) is 0 Å². The van der Waals surface area contributed by atoms with Gasteiger partial charge in [0.05, 0.1) is 0 Å². The quantitative estimate of drug-likeness (QED) is 0.367. The van der Waals surface area contributed by atoms with Crippen LogP contribution in [0.3, 0.4) is 0 Å². The molecule has 35 heavy (non-hydrogen) atoms. The van der Waals surface area contributed by atoms with E-state index in [4.69, 9.17) is 26.4 Å². The van der Waals surface area contributed by atoms with Gasteiger partial charge in [-0.15, -0.1) is 5.10 Å². The summed E-state index contributed by atoms with van der Waals surface area (Å²) in [5.41, 5.74) is 4.59. The summed E-state index contributed by atoms with van der Waals surface area (Å²) < 4.78 is 7.91. The number of Topliss-reactive ketones (excluding diaryl/α,β-unsaturated/α-hetero) is 1. The number of fused-ring (bicyclic) bond motifs is 1. The number of rotatable bonds is 5. The normalized spacial score (nSPS) is 16.9. The van der Waals surface area contributed by atoms with E-state index in [0.29, 0.717) is 29.8 Å². The van der Waals surface area contributed by atoms with Crippen LogP contribution in [0.25, 0.3) is 11.4 Å². The van der Waals surface area contributed by atoms with Gasteiger partial charge in [-0.2, -0.15) is 4.98 Å². The number of benzene rings is 3. The van der Waals surface area contributed by atoms with Crippen molar-refractivity contribution in [2.45, 2.75) is 31.9 Å². The van der Waals surface area contributed by atoms with Gasteiger partial charge >= 0.3 is 0 Å². The lowest BCUT2D eigenvalue weighted by molar-refractivity contribution is -0.116. The minimum atomic E-state index is -0.372. The van der Waals surface area contributed by atoms with Crippen LogP contribution in [0.15, 0.2) is 90.1 Å². The fourth-order valence-electron chi connectivity index (χ4n) is 4.70. The number of hydrogen-bond donors (Lipinski definition) is 1. The van der Waals surface area contributed by atoms with Crippen LogP contribution in [0, 0.1) is 0 Å². The van der Waals surface area contributed by atoms with E-state index in [1.807, 2.05) is 83.5 Å². The molecule has 1 aromatic heterocycles. The largest absolute Gasteiger partial charge is 0.489 e. The third-order valence-corrected chi connectivity index (χ3v) is 6.64. The van der Waals surface area contributed by atoms with Crippen LogP contribution >= 0.6 is 11.6 Å². The van der Waals surface area contributed by atoms with E-state index in [-0.39, 0.29) is 11.8 Å². The molecule has 1 atom stereocenters. The monoisotopic (exact) mass is 482 g/mol. The number of nitrogens with one attached hydrogen (secondary N) is 1. The van der Waals surface area contributed by atoms with E-state index in [1.165, 1.54) is 0 Å². The summed E-state index contributed by atoms with van der Waals surface area (Å²) in [5.74, 6) is 2.10. The number of ether oxygens (including phenoxy) is 1. The molecular formula is C28H23ClN4O2. The zero-order valence-electron chi connectivity index (χ0n) is 18.9. The summed E-state index contributed by atoms with van der Waals surface area (Å²) in [4.78, 5) is 17.9. The molecule has 0 fully saturated rings. The standard InChI is InChI=1S/C28H23ClN4O2/c29-21-14-12-19(13-15-21)27-31-28-30-23-10-5-11-24(34)25(23)26(33(28)32-27)20-8-4-9-22(16-20)35-17-18-6-2-1-3-7-18/h1-4,6-9,12-16,26H,5,10-11,17H2,(H,30,31,32). The molecule has 2 aliphatic rings. The second-order valence-corrected chi connectivity index (χ2v) is 9.19. The maximum atomic E-state index is 13.1. The van der Waals surface area contributed by atoms with Crippen molar-refractivity contribution < 1.29 is 9.53 Å². The average molecular weight is 483 g/mol. The first-order valence-electron chi connectivity index (χ1n) is 11.7. The Balaban J connectivity index is 1.39. The van der Waals surface area contributed by atoms with Gasteiger partial charge in [0.25, 0.3) is 0 Å². The Morgan fingerprint density at radius 1 is 1.00 bits per heavy atom. The van der Waals surface area contributed by atoms with Crippen molar-refractivity contribution in [3.8, 4) is 17.1 Å². The Hall–Kier alpha value is -3.90. The number of carbonyl (C=O) groups excluding carboxylic acids is 1. The maximum Gasteiger partial charge on any atom is 0.226 e. The van der Waals surface area contributed by atoms with E-state index in [0.717, 1.165) is 46.6 Å². The van der Waals surface area contributed by atoms with Gasteiger partial charge < -0.3 is 10.1 Å².